The van der Waals surface area contributed by atoms with Gasteiger partial charge in [-0.3, -0.25) is 9.36 Å². The monoisotopic (exact) mass is 309 g/mol. The number of fused-ring (bicyclic) bond motifs is 3. The van der Waals surface area contributed by atoms with Gasteiger partial charge in [-0.05, 0) is 31.9 Å². The molecule has 3 rings (SSSR count). The molecule has 2 heterocycles. The van der Waals surface area contributed by atoms with Crippen LogP contribution in [0.1, 0.15) is 35.6 Å². The average molecular weight is 309 g/mol. The molecule has 0 fully saturated rings. The van der Waals surface area contributed by atoms with Gasteiger partial charge in [-0.15, -0.1) is 0 Å². The smallest absolute Gasteiger partial charge is 0.256 e. The number of nitrogens with zero attached hydrogens (tertiary/aromatic N) is 3. The van der Waals surface area contributed by atoms with Crippen molar-refractivity contribution in [1.82, 2.24) is 14.5 Å². The molecule has 5 heteroatoms. The predicted molar refractivity (Wildman–Crippen MR) is 87.3 cm³/mol. The van der Waals surface area contributed by atoms with Crippen LogP contribution in [-0.2, 0) is 11.3 Å². The van der Waals surface area contributed by atoms with Crippen LogP contribution in [-0.4, -0.2) is 40.1 Å². The van der Waals surface area contributed by atoms with Crippen LogP contribution in [0.25, 0.3) is 5.69 Å². The Morgan fingerprint density at radius 2 is 2.04 bits per heavy atom. The number of imidazole rings is 1. The van der Waals surface area contributed by atoms with E-state index in [4.69, 9.17) is 4.74 Å². The third kappa shape index (κ3) is 2.73. The number of amides is 1. The fourth-order valence-electron chi connectivity index (χ4n) is 2.46. The maximum Gasteiger partial charge on any atom is 0.256 e. The van der Waals surface area contributed by atoms with E-state index in [-0.39, 0.29) is 5.91 Å². The molecule has 1 aromatic carbocycles. The van der Waals surface area contributed by atoms with Crippen LogP contribution in [0.2, 0.25) is 0 Å². The van der Waals surface area contributed by atoms with Crippen molar-refractivity contribution in [2.75, 3.05) is 14.2 Å². The molecule has 0 atom stereocenters. The zero-order valence-corrected chi connectivity index (χ0v) is 13.8. The van der Waals surface area contributed by atoms with Crippen molar-refractivity contribution < 1.29 is 9.53 Å². The minimum Gasteiger partial charge on any atom is -0.366 e. The Kier molecular flexibility index (Phi) is 3.70. The first kappa shape index (κ1) is 15.3. The second kappa shape index (κ2) is 5.56. The Morgan fingerprint density at radius 1 is 1.30 bits per heavy atom. The molecular weight excluding hydrogens is 290 g/mol. The normalized spacial score (nSPS) is 13.7. The predicted octanol–water partition coefficient (Wildman–Crippen LogP) is 2.23. The molecule has 0 radical (unpaired) electrons. The fraction of sp³-hybridized carbons (Fsp3) is 0.333. The summed E-state index contributed by atoms with van der Waals surface area (Å²) < 4.78 is 7.27. The summed E-state index contributed by atoms with van der Waals surface area (Å²) in [6.07, 6.45) is 1.73. The number of carbonyl (C=O) groups excluding carboxylic acids is 1. The molecule has 0 spiro atoms. The molecule has 1 aliphatic heterocycles. The molecule has 0 N–H and O–H groups in total. The lowest BCUT2D eigenvalue weighted by atomic mass is 10.1. The number of hydrogen-bond donors (Lipinski definition) is 0. The first-order valence-corrected chi connectivity index (χ1v) is 7.42. The topological polar surface area (TPSA) is 47.4 Å². The van der Waals surface area contributed by atoms with E-state index in [0.717, 1.165) is 11.4 Å². The molecule has 2 aromatic rings. The van der Waals surface area contributed by atoms with Gasteiger partial charge in [0.2, 0.25) is 0 Å². The van der Waals surface area contributed by atoms with Crippen LogP contribution < -0.4 is 0 Å². The number of methoxy groups -OCH3 is 1. The van der Waals surface area contributed by atoms with Crippen LogP contribution in [0.4, 0.5) is 0 Å². The number of ether oxygens (including phenoxy) is 1. The Hall–Kier alpha value is -2.58. The number of para-hydroxylation sites is 1. The summed E-state index contributed by atoms with van der Waals surface area (Å²) in [5.41, 5.74) is 2.55. The first-order chi connectivity index (χ1) is 10.9. The van der Waals surface area contributed by atoms with Gasteiger partial charge in [0.05, 0.1) is 23.5 Å². The molecular formula is C18H19N3O2. The number of rotatable bonds is 1. The van der Waals surface area contributed by atoms with E-state index in [2.05, 4.69) is 16.8 Å². The summed E-state index contributed by atoms with van der Waals surface area (Å²) in [6, 6.07) is 7.55. The lowest BCUT2D eigenvalue weighted by Crippen LogP contribution is -2.25. The lowest BCUT2D eigenvalue weighted by Gasteiger charge is -2.15. The Morgan fingerprint density at radius 3 is 2.78 bits per heavy atom. The van der Waals surface area contributed by atoms with E-state index in [1.807, 2.05) is 42.7 Å². The maximum atomic E-state index is 12.5. The molecule has 0 saturated heterocycles. The van der Waals surface area contributed by atoms with E-state index in [1.165, 1.54) is 0 Å². The highest BCUT2D eigenvalue weighted by Gasteiger charge is 2.25. The van der Waals surface area contributed by atoms with Crippen molar-refractivity contribution >= 4 is 5.91 Å². The van der Waals surface area contributed by atoms with Crippen LogP contribution in [0.5, 0.6) is 0 Å². The molecule has 1 aliphatic rings. The second-order valence-electron chi connectivity index (χ2n) is 6.05. The molecule has 0 aliphatic carbocycles. The number of carbonyl (C=O) groups is 1. The van der Waals surface area contributed by atoms with E-state index in [0.29, 0.717) is 17.8 Å². The molecule has 1 aromatic heterocycles. The summed E-state index contributed by atoms with van der Waals surface area (Å²) in [4.78, 5) is 18.6. The molecule has 23 heavy (non-hydrogen) atoms. The van der Waals surface area contributed by atoms with Gasteiger partial charge in [0.1, 0.15) is 17.6 Å². The summed E-state index contributed by atoms with van der Waals surface area (Å²) in [5.74, 6) is 6.17. The zero-order valence-electron chi connectivity index (χ0n) is 13.8. The number of aromatic nitrogens is 2. The molecule has 118 valence electrons. The SMILES string of the molecule is COC(C)(C)C#Cc1ncn2c1CN(C)C(=O)c1ccccc1-2. The van der Waals surface area contributed by atoms with Crippen LogP contribution >= 0.6 is 0 Å². The van der Waals surface area contributed by atoms with Gasteiger partial charge < -0.3 is 9.64 Å². The van der Waals surface area contributed by atoms with Gasteiger partial charge in [0, 0.05) is 14.2 Å². The van der Waals surface area contributed by atoms with Crippen molar-refractivity contribution in [3.63, 3.8) is 0 Å². The quantitative estimate of drug-likeness (QED) is 0.759. The minimum atomic E-state index is -0.541. The van der Waals surface area contributed by atoms with Crippen LogP contribution in [0, 0.1) is 11.8 Å². The number of hydrogen-bond acceptors (Lipinski definition) is 3. The summed E-state index contributed by atoms with van der Waals surface area (Å²) >= 11 is 0. The van der Waals surface area contributed by atoms with E-state index in [1.54, 1.807) is 25.4 Å². The van der Waals surface area contributed by atoms with Crippen molar-refractivity contribution in [2.24, 2.45) is 0 Å². The summed E-state index contributed by atoms with van der Waals surface area (Å²) in [5, 5.41) is 0. The molecule has 0 saturated carbocycles. The average Bonchev–Trinajstić information content (AvgIpc) is 2.90. The lowest BCUT2D eigenvalue weighted by molar-refractivity contribution is 0.0741. The van der Waals surface area contributed by atoms with Gasteiger partial charge >= 0.3 is 0 Å². The van der Waals surface area contributed by atoms with Crippen LogP contribution in [0.15, 0.2) is 30.6 Å². The van der Waals surface area contributed by atoms with Crippen LogP contribution in [0.3, 0.4) is 0 Å². The summed E-state index contributed by atoms with van der Waals surface area (Å²) in [6.45, 7) is 4.27. The molecule has 0 bridgehead atoms. The number of benzene rings is 1. The van der Waals surface area contributed by atoms with Crippen molar-refractivity contribution in [2.45, 2.75) is 26.0 Å². The zero-order chi connectivity index (χ0) is 16.6. The van der Waals surface area contributed by atoms with Gasteiger partial charge in [0.25, 0.3) is 5.91 Å². The van der Waals surface area contributed by atoms with Crippen molar-refractivity contribution in [3.05, 3.63) is 47.5 Å². The Bertz CT molecular complexity index is 824. The summed E-state index contributed by atoms with van der Waals surface area (Å²) in [7, 11) is 3.42. The highest BCUT2D eigenvalue weighted by atomic mass is 16.5. The maximum absolute atomic E-state index is 12.5. The Labute approximate surface area is 135 Å². The highest BCUT2D eigenvalue weighted by Crippen LogP contribution is 2.25. The van der Waals surface area contributed by atoms with Gasteiger partial charge in [0.15, 0.2) is 0 Å². The Balaban J connectivity index is 2.14. The molecule has 0 unspecified atom stereocenters. The van der Waals surface area contributed by atoms with Crippen molar-refractivity contribution in [3.8, 4) is 17.5 Å². The second-order valence-corrected chi connectivity index (χ2v) is 6.05. The van der Waals surface area contributed by atoms with Gasteiger partial charge in [-0.25, -0.2) is 4.98 Å². The van der Waals surface area contributed by atoms with E-state index in [9.17, 15) is 4.79 Å². The van der Waals surface area contributed by atoms with Gasteiger partial charge in [-0.1, -0.05) is 18.1 Å². The third-order valence-electron chi connectivity index (χ3n) is 3.99. The first-order valence-electron chi connectivity index (χ1n) is 7.42. The van der Waals surface area contributed by atoms with Crippen molar-refractivity contribution in [1.29, 1.82) is 0 Å². The van der Waals surface area contributed by atoms with Gasteiger partial charge in [-0.2, -0.15) is 0 Å². The fourth-order valence-corrected chi connectivity index (χ4v) is 2.46. The molecule has 5 nitrogen and oxygen atoms in total. The minimum absolute atomic E-state index is 0.000399. The molecule has 1 amide bonds. The standard InChI is InChI=1S/C18H19N3O2/c1-18(2,23-4)10-9-14-16-11-20(3)17(22)13-7-5-6-8-15(13)21(16)12-19-14/h5-8,12H,11H2,1-4H3. The van der Waals surface area contributed by atoms with E-state index < -0.39 is 5.60 Å². The highest BCUT2D eigenvalue weighted by molar-refractivity contribution is 5.98. The third-order valence-corrected chi connectivity index (χ3v) is 3.99. The largest absolute Gasteiger partial charge is 0.366 e. The van der Waals surface area contributed by atoms with E-state index >= 15 is 0 Å².